The Morgan fingerprint density at radius 2 is 1.56 bits per heavy atom. The first kappa shape index (κ1) is 22.1. The standard InChI is InChI=1S/C23H20Cl2N4O3/c1-14(29-22(31)17-11-19(24)20(25)12-18(17)23(29)32)21(30)28-8-2-7-27(9-10-28)16-5-3-15(13-26)4-6-16/h3-6,11-12,14H,2,7-10H2,1H3. The maximum absolute atomic E-state index is 13.2. The number of fused-ring (bicyclic) bond motifs is 1. The van der Waals surface area contributed by atoms with Crippen molar-refractivity contribution in [2.75, 3.05) is 31.1 Å². The summed E-state index contributed by atoms with van der Waals surface area (Å²) in [4.78, 5) is 43.8. The maximum atomic E-state index is 13.2. The lowest BCUT2D eigenvalue weighted by Crippen LogP contribution is -2.50. The highest BCUT2D eigenvalue weighted by atomic mass is 35.5. The summed E-state index contributed by atoms with van der Waals surface area (Å²) in [5, 5.41) is 9.34. The van der Waals surface area contributed by atoms with E-state index in [9.17, 15) is 14.4 Å². The summed E-state index contributed by atoms with van der Waals surface area (Å²) in [7, 11) is 0. The molecule has 1 fully saturated rings. The second kappa shape index (κ2) is 8.81. The number of nitrogens with zero attached hydrogens (tertiary/aromatic N) is 4. The summed E-state index contributed by atoms with van der Waals surface area (Å²) in [6, 6.07) is 11.2. The Hall–Kier alpha value is -3.08. The first-order valence-electron chi connectivity index (χ1n) is 10.2. The number of benzene rings is 2. The highest BCUT2D eigenvalue weighted by Crippen LogP contribution is 2.32. The van der Waals surface area contributed by atoms with Crippen LogP contribution in [0, 0.1) is 11.3 Å². The molecule has 1 saturated heterocycles. The Bertz CT molecular complexity index is 1100. The van der Waals surface area contributed by atoms with Crippen molar-refractivity contribution in [3.05, 3.63) is 63.1 Å². The zero-order valence-electron chi connectivity index (χ0n) is 17.3. The Kier molecular flexibility index (Phi) is 6.09. The van der Waals surface area contributed by atoms with Crippen LogP contribution >= 0.6 is 23.2 Å². The van der Waals surface area contributed by atoms with E-state index in [1.165, 1.54) is 12.1 Å². The van der Waals surface area contributed by atoms with Crippen molar-refractivity contribution < 1.29 is 14.4 Å². The van der Waals surface area contributed by atoms with Crippen LogP contribution in [0.2, 0.25) is 10.0 Å². The van der Waals surface area contributed by atoms with Crippen LogP contribution in [0.25, 0.3) is 0 Å². The first-order chi connectivity index (χ1) is 15.3. The number of halogens is 2. The maximum Gasteiger partial charge on any atom is 0.262 e. The fraction of sp³-hybridized carbons (Fsp3) is 0.304. The van der Waals surface area contributed by atoms with Crippen LogP contribution < -0.4 is 4.90 Å². The van der Waals surface area contributed by atoms with Crippen LogP contribution in [0.15, 0.2) is 36.4 Å². The van der Waals surface area contributed by atoms with Gasteiger partial charge in [0.2, 0.25) is 5.91 Å². The fourth-order valence-electron chi connectivity index (χ4n) is 4.12. The lowest BCUT2D eigenvalue weighted by atomic mass is 10.1. The molecule has 0 saturated carbocycles. The summed E-state index contributed by atoms with van der Waals surface area (Å²) >= 11 is 12.0. The van der Waals surface area contributed by atoms with Gasteiger partial charge in [0.25, 0.3) is 11.8 Å². The van der Waals surface area contributed by atoms with Gasteiger partial charge in [0, 0.05) is 31.9 Å². The van der Waals surface area contributed by atoms with E-state index in [1.807, 2.05) is 12.1 Å². The third kappa shape index (κ3) is 3.92. The second-order valence-electron chi connectivity index (χ2n) is 7.79. The molecule has 0 bridgehead atoms. The van der Waals surface area contributed by atoms with Gasteiger partial charge in [-0.05, 0) is 49.7 Å². The molecule has 3 amide bonds. The molecule has 2 aromatic rings. The molecule has 2 heterocycles. The molecule has 4 rings (SSSR count). The Morgan fingerprint density at radius 1 is 0.969 bits per heavy atom. The molecule has 164 valence electrons. The minimum atomic E-state index is -0.943. The van der Waals surface area contributed by atoms with Crippen molar-refractivity contribution in [3.8, 4) is 6.07 Å². The van der Waals surface area contributed by atoms with E-state index in [0.717, 1.165) is 23.6 Å². The van der Waals surface area contributed by atoms with E-state index in [4.69, 9.17) is 28.5 Å². The van der Waals surface area contributed by atoms with Gasteiger partial charge in [-0.25, -0.2) is 0 Å². The monoisotopic (exact) mass is 470 g/mol. The largest absolute Gasteiger partial charge is 0.370 e. The van der Waals surface area contributed by atoms with Crippen molar-refractivity contribution in [1.29, 1.82) is 5.26 Å². The molecule has 0 aliphatic carbocycles. The van der Waals surface area contributed by atoms with Crippen LogP contribution in [-0.2, 0) is 4.79 Å². The van der Waals surface area contributed by atoms with E-state index < -0.39 is 17.9 Å². The smallest absolute Gasteiger partial charge is 0.262 e. The molecule has 7 nitrogen and oxygen atoms in total. The van der Waals surface area contributed by atoms with Gasteiger partial charge >= 0.3 is 0 Å². The number of amides is 3. The molecular weight excluding hydrogens is 451 g/mol. The van der Waals surface area contributed by atoms with E-state index in [0.29, 0.717) is 25.2 Å². The fourth-order valence-corrected chi connectivity index (χ4v) is 4.45. The molecule has 1 atom stereocenters. The van der Waals surface area contributed by atoms with Gasteiger partial charge in [-0.3, -0.25) is 19.3 Å². The van der Waals surface area contributed by atoms with E-state index in [1.54, 1.807) is 24.0 Å². The highest BCUT2D eigenvalue weighted by molar-refractivity contribution is 6.43. The third-order valence-corrected chi connectivity index (χ3v) is 6.59. The summed E-state index contributed by atoms with van der Waals surface area (Å²) < 4.78 is 0. The van der Waals surface area contributed by atoms with Crippen LogP contribution in [0.1, 0.15) is 39.6 Å². The first-order valence-corrected chi connectivity index (χ1v) is 11.0. The van der Waals surface area contributed by atoms with Crippen molar-refractivity contribution in [3.63, 3.8) is 0 Å². The lowest BCUT2D eigenvalue weighted by Gasteiger charge is -2.29. The van der Waals surface area contributed by atoms with Crippen molar-refractivity contribution in [2.45, 2.75) is 19.4 Å². The van der Waals surface area contributed by atoms with Gasteiger partial charge in [0.05, 0.1) is 32.8 Å². The quantitative estimate of drug-likeness (QED) is 0.639. The molecule has 0 aromatic heterocycles. The minimum absolute atomic E-state index is 0.159. The van der Waals surface area contributed by atoms with Gasteiger partial charge in [-0.2, -0.15) is 5.26 Å². The summed E-state index contributed by atoms with van der Waals surface area (Å²) in [5.41, 5.74) is 1.90. The normalized spacial score (nSPS) is 17.1. The number of carbonyl (C=O) groups excluding carboxylic acids is 3. The Morgan fingerprint density at radius 3 is 2.12 bits per heavy atom. The molecule has 1 unspecified atom stereocenters. The molecule has 0 N–H and O–H groups in total. The number of carbonyl (C=O) groups is 3. The summed E-state index contributed by atoms with van der Waals surface area (Å²) in [5.74, 6) is -1.37. The average Bonchev–Trinajstić information content (AvgIpc) is 2.96. The summed E-state index contributed by atoms with van der Waals surface area (Å²) in [6.07, 6.45) is 0.742. The van der Waals surface area contributed by atoms with E-state index >= 15 is 0 Å². The van der Waals surface area contributed by atoms with Gasteiger partial charge < -0.3 is 9.80 Å². The number of imide groups is 1. The predicted molar refractivity (Wildman–Crippen MR) is 121 cm³/mol. The number of nitriles is 1. The number of rotatable bonds is 3. The van der Waals surface area contributed by atoms with E-state index in [-0.39, 0.29) is 27.1 Å². The minimum Gasteiger partial charge on any atom is -0.370 e. The highest BCUT2D eigenvalue weighted by Gasteiger charge is 2.42. The molecule has 0 spiro atoms. The van der Waals surface area contributed by atoms with Crippen LogP contribution in [0.3, 0.4) is 0 Å². The molecule has 0 radical (unpaired) electrons. The van der Waals surface area contributed by atoms with Crippen molar-refractivity contribution in [2.24, 2.45) is 0 Å². The topological polar surface area (TPSA) is 84.7 Å². The lowest BCUT2D eigenvalue weighted by molar-refractivity contribution is -0.134. The molecule has 32 heavy (non-hydrogen) atoms. The Labute approximate surface area is 195 Å². The molecule has 9 heteroatoms. The Balaban J connectivity index is 1.47. The van der Waals surface area contributed by atoms with Gasteiger partial charge in [0.15, 0.2) is 0 Å². The van der Waals surface area contributed by atoms with Crippen LogP contribution in [0.5, 0.6) is 0 Å². The van der Waals surface area contributed by atoms with Crippen LogP contribution in [0.4, 0.5) is 5.69 Å². The molecule has 2 aliphatic rings. The molecular formula is C23H20Cl2N4O3. The van der Waals surface area contributed by atoms with Gasteiger partial charge in [-0.15, -0.1) is 0 Å². The number of hydrogen-bond donors (Lipinski definition) is 0. The van der Waals surface area contributed by atoms with Crippen molar-refractivity contribution >= 4 is 46.6 Å². The number of hydrogen-bond acceptors (Lipinski definition) is 5. The van der Waals surface area contributed by atoms with Crippen molar-refractivity contribution in [1.82, 2.24) is 9.80 Å². The molecule has 2 aliphatic heterocycles. The van der Waals surface area contributed by atoms with Crippen LogP contribution in [-0.4, -0.2) is 59.7 Å². The van der Waals surface area contributed by atoms with Gasteiger partial charge in [-0.1, -0.05) is 23.2 Å². The summed E-state index contributed by atoms with van der Waals surface area (Å²) in [6.45, 7) is 3.92. The molecule has 2 aromatic carbocycles. The SMILES string of the molecule is CC(C(=O)N1CCCN(c2ccc(C#N)cc2)CC1)N1C(=O)c2cc(Cl)c(Cl)cc2C1=O. The van der Waals surface area contributed by atoms with Gasteiger partial charge in [0.1, 0.15) is 6.04 Å². The van der Waals surface area contributed by atoms with E-state index in [2.05, 4.69) is 11.0 Å². The third-order valence-electron chi connectivity index (χ3n) is 5.87. The zero-order chi connectivity index (χ0) is 23.0. The number of anilines is 1. The second-order valence-corrected chi connectivity index (χ2v) is 8.61. The zero-order valence-corrected chi connectivity index (χ0v) is 18.9. The predicted octanol–water partition coefficient (Wildman–Crippen LogP) is 3.59. The average molecular weight is 471 g/mol.